The first-order chi connectivity index (χ1) is 6.13. The fourth-order valence-electron chi connectivity index (χ4n) is 0.935. The van der Waals surface area contributed by atoms with Crippen molar-refractivity contribution in [3.63, 3.8) is 0 Å². The van der Waals surface area contributed by atoms with Crippen LogP contribution in [0.25, 0.3) is 5.57 Å². The summed E-state index contributed by atoms with van der Waals surface area (Å²) >= 11 is 0. The molecule has 0 radical (unpaired) electrons. The summed E-state index contributed by atoms with van der Waals surface area (Å²) in [6, 6.07) is 1.84. The summed E-state index contributed by atoms with van der Waals surface area (Å²) in [6.07, 6.45) is 3.24. The highest BCUT2D eigenvalue weighted by molar-refractivity contribution is 5.90. The Hall–Kier alpha value is -1.58. The third kappa shape index (κ3) is 2.43. The highest BCUT2D eigenvalue weighted by Crippen LogP contribution is 2.09. The summed E-state index contributed by atoms with van der Waals surface area (Å²) in [4.78, 5) is 10.9. The topological polar surface area (TPSA) is 44.1 Å². The van der Waals surface area contributed by atoms with Gasteiger partial charge in [0.25, 0.3) is 0 Å². The minimum absolute atomic E-state index is 0.358. The lowest BCUT2D eigenvalue weighted by atomic mass is 10.2. The number of carbonyl (C=O) groups excluding carboxylic acids is 1. The predicted octanol–water partition coefficient (Wildman–Crippen LogP) is 0.996. The molecule has 13 heavy (non-hydrogen) atoms. The first-order valence-corrected chi connectivity index (χ1v) is 3.89. The number of esters is 1. The highest BCUT2D eigenvalue weighted by Gasteiger charge is 2.01. The maximum absolute atomic E-state index is 10.9. The van der Waals surface area contributed by atoms with E-state index in [1.807, 2.05) is 26.2 Å². The van der Waals surface area contributed by atoms with Crippen molar-refractivity contribution in [1.82, 2.24) is 9.78 Å². The second kappa shape index (κ2) is 3.89. The molecular formula is C9H12N2O2. The van der Waals surface area contributed by atoms with Crippen LogP contribution in [0.4, 0.5) is 0 Å². The molecule has 1 heterocycles. The number of ether oxygens (including phenoxy) is 1. The standard InChI is InChI=1S/C9H12N2O2/c1-7(6-9(12)13-3)8-4-5-11(2)10-8/h4-6H,1-3H3/b7-6-. The molecule has 0 N–H and O–H groups in total. The zero-order valence-electron chi connectivity index (χ0n) is 7.94. The number of carbonyl (C=O) groups is 1. The number of nitrogens with zero attached hydrogens (tertiary/aromatic N) is 2. The van der Waals surface area contributed by atoms with Crippen LogP contribution in [-0.2, 0) is 16.6 Å². The number of hydrogen-bond acceptors (Lipinski definition) is 3. The number of allylic oxidation sites excluding steroid dienone is 1. The maximum Gasteiger partial charge on any atom is 0.330 e. The average Bonchev–Trinajstić information content (AvgIpc) is 2.51. The fourth-order valence-corrected chi connectivity index (χ4v) is 0.935. The van der Waals surface area contributed by atoms with E-state index in [-0.39, 0.29) is 5.97 Å². The number of hydrogen-bond donors (Lipinski definition) is 0. The molecule has 0 aliphatic heterocycles. The van der Waals surface area contributed by atoms with E-state index >= 15 is 0 Å². The normalized spacial score (nSPS) is 11.5. The van der Waals surface area contributed by atoms with Gasteiger partial charge in [-0.1, -0.05) is 0 Å². The highest BCUT2D eigenvalue weighted by atomic mass is 16.5. The van der Waals surface area contributed by atoms with Crippen LogP contribution in [0.5, 0.6) is 0 Å². The van der Waals surface area contributed by atoms with Gasteiger partial charge in [0.15, 0.2) is 0 Å². The van der Waals surface area contributed by atoms with Crippen molar-refractivity contribution in [2.24, 2.45) is 7.05 Å². The molecule has 1 aromatic heterocycles. The minimum atomic E-state index is -0.358. The van der Waals surface area contributed by atoms with Crippen molar-refractivity contribution in [3.8, 4) is 0 Å². The van der Waals surface area contributed by atoms with E-state index in [0.29, 0.717) is 0 Å². The van der Waals surface area contributed by atoms with E-state index in [0.717, 1.165) is 11.3 Å². The van der Waals surface area contributed by atoms with Crippen LogP contribution in [0.1, 0.15) is 12.6 Å². The Kier molecular flexibility index (Phi) is 2.84. The molecule has 1 aromatic rings. The lowest BCUT2D eigenvalue weighted by molar-refractivity contribution is -0.134. The number of aryl methyl sites for hydroxylation is 1. The van der Waals surface area contributed by atoms with Gasteiger partial charge in [0.1, 0.15) is 0 Å². The molecule has 0 bridgehead atoms. The Balaban J connectivity index is 2.84. The van der Waals surface area contributed by atoms with Gasteiger partial charge in [0, 0.05) is 19.3 Å². The molecule has 1 rings (SSSR count). The zero-order valence-corrected chi connectivity index (χ0v) is 7.94. The van der Waals surface area contributed by atoms with Gasteiger partial charge >= 0.3 is 5.97 Å². The van der Waals surface area contributed by atoms with Crippen LogP contribution < -0.4 is 0 Å². The monoisotopic (exact) mass is 180 g/mol. The average molecular weight is 180 g/mol. The molecule has 70 valence electrons. The lowest BCUT2D eigenvalue weighted by Gasteiger charge is -1.95. The smallest absolute Gasteiger partial charge is 0.330 e. The minimum Gasteiger partial charge on any atom is -0.466 e. The van der Waals surface area contributed by atoms with Gasteiger partial charge < -0.3 is 4.74 Å². The quantitative estimate of drug-likeness (QED) is 0.503. The van der Waals surface area contributed by atoms with Crippen molar-refractivity contribution in [3.05, 3.63) is 24.0 Å². The Morgan fingerprint density at radius 3 is 2.85 bits per heavy atom. The van der Waals surface area contributed by atoms with E-state index in [2.05, 4.69) is 9.84 Å². The zero-order chi connectivity index (χ0) is 9.84. The Bertz CT molecular complexity index is 339. The second-order valence-corrected chi connectivity index (χ2v) is 2.73. The molecule has 0 aromatic carbocycles. The molecule has 0 aliphatic rings. The first-order valence-electron chi connectivity index (χ1n) is 3.89. The molecule has 0 saturated carbocycles. The largest absolute Gasteiger partial charge is 0.466 e. The van der Waals surface area contributed by atoms with Crippen LogP contribution in [0, 0.1) is 0 Å². The van der Waals surface area contributed by atoms with E-state index in [9.17, 15) is 4.79 Å². The molecule has 0 spiro atoms. The van der Waals surface area contributed by atoms with Gasteiger partial charge in [0.05, 0.1) is 12.8 Å². The van der Waals surface area contributed by atoms with Gasteiger partial charge in [-0.15, -0.1) is 0 Å². The van der Waals surface area contributed by atoms with Gasteiger partial charge in [0.2, 0.25) is 0 Å². The van der Waals surface area contributed by atoms with Crippen LogP contribution >= 0.6 is 0 Å². The number of rotatable bonds is 2. The second-order valence-electron chi connectivity index (χ2n) is 2.73. The van der Waals surface area contributed by atoms with E-state index in [1.165, 1.54) is 13.2 Å². The fraction of sp³-hybridized carbons (Fsp3) is 0.333. The van der Waals surface area contributed by atoms with Gasteiger partial charge in [-0.3, -0.25) is 4.68 Å². The van der Waals surface area contributed by atoms with Crippen molar-refractivity contribution in [1.29, 1.82) is 0 Å². The lowest BCUT2D eigenvalue weighted by Crippen LogP contribution is -1.96. The van der Waals surface area contributed by atoms with Crippen LogP contribution in [0.15, 0.2) is 18.3 Å². The summed E-state index contributed by atoms with van der Waals surface area (Å²) < 4.78 is 6.18. The van der Waals surface area contributed by atoms with Crippen LogP contribution in [0.2, 0.25) is 0 Å². The molecule has 0 amide bonds. The molecule has 0 fully saturated rings. The Morgan fingerprint density at radius 1 is 1.69 bits per heavy atom. The number of aromatic nitrogens is 2. The third-order valence-electron chi connectivity index (χ3n) is 1.65. The molecule has 4 nitrogen and oxygen atoms in total. The summed E-state index contributed by atoms with van der Waals surface area (Å²) in [5.74, 6) is -0.358. The molecule has 0 saturated heterocycles. The molecular weight excluding hydrogens is 168 g/mol. The Labute approximate surface area is 76.8 Å². The summed E-state index contributed by atoms with van der Waals surface area (Å²) in [5, 5.41) is 4.14. The Morgan fingerprint density at radius 2 is 2.38 bits per heavy atom. The summed E-state index contributed by atoms with van der Waals surface area (Å²) in [7, 11) is 3.18. The van der Waals surface area contributed by atoms with Gasteiger partial charge in [-0.2, -0.15) is 5.10 Å². The van der Waals surface area contributed by atoms with Crippen molar-refractivity contribution < 1.29 is 9.53 Å². The first kappa shape index (κ1) is 9.51. The van der Waals surface area contributed by atoms with Crippen LogP contribution in [-0.4, -0.2) is 22.9 Å². The molecule has 0 aliphatic carbocycles. The molecule has 4 heteroatoms. The van der Waals surface area contributed by atoms with Gasteiger partial charge in [-0.05, 0) is 18.6 Å². The predicted molar refractivity (Wildman–Crippen MR) is 48.9 cm³/mol. The summed E-state index contributed by atoms with van der Waals surface area (Å²) in [5.41, 5.74) is 1.58. The number of methoxy groups -OCH3 is 1. The van der Waals surface area contributed by atoms with Crippen LogP contribution in [0.3, 0.4) is 0 Å². The van der Waals surface area contributed by atoms with E-state index in [4.69, 9.17) is 0 Å². The maximum atomic E-state index is 10.9. The van der Waals surface area contributed by atoms with Gasteiger partial charge in [-0.25, -0.2) is 4.79 Å². The van der Waals surface area contributed by atoms with Crippen molar-refractivity contribution in [2.75, 3.05) is 7.11 Å². The van der Waals surface area contributed by atoms with Crippen molar-refractivity contribution in [2.45, 2.75) is 6.92 Å². The third-order valence-corrected chi connectivity index (χ3v) is 1.65. The SMILES string of the molecule is COC(=O)/C=C(/C)c1ccn(C)n1. The molecule has 0 unspecified atom stereocenters. The van der Waals surface area contributed by atoms with E-state index < -0.39 is 0 Å². The van der Waals surface area contributed by atoms with E-state index in [1.54, 1.807) is 4.68 Å². The molecule has 0 atom stereocenters. The van der Waals surface area contributed by atoms with Crippen molar-refractivity contribution >= 4 is 11.5 Å². The summed E-state index contributed by atoms with van der Waals surface area (Å²) in [6.45, 7) is 1.82.